The standard InChI is InChI=1S/C15H21F2N3/c1-20-11-3-4-12(20)7-9(6-11)15(19-18)13-8-10(16)2-5-14(13)17/h2,5,8-9,11-12,15,19H,3-4,6-7,18H2,1H3. The van der Waals surface area contributed by atoms with E-state index < -0.39 is 5.82 Å². The lowest BCUT2D eigenvalue weighted by Gasteiger charge is -2.39. The summed E-state index contributed by atoms with van der Waals surface area (Å²) in [6.07, 6.45) is 4.36. The van der Waals surface area contributed by atoms with E-state index in [0.717, 1.165) is 18.9 Å². The molecule has 110 valence electrons. The minimum absolute atomic E-state index is 0.255. The van der Waals surface area contributed by atoms with Crippen LogP contribution in [0.15, 0.2) is 18.2 Å². The van der Waals surface area contributed by atoms with Crippen molar-refractivity contribution in [2.24, 2.45) is 11.8 Å². The minimum Gasteiger partial charge on any atom is -0.300 e. The van der Waals surface area contributed by atoms with Crippen LogP contribution in [0.3, 0.4) is 0 Å². The first-order valence-corrected chi connectivity index (χ1v) is 7.23. The van der Waals surface area contributed by atoms with Gasteiger partial charge in [-0.25, -0.2) is 8.78 Å². The molecule has 3 rings (SSSR count). The first-order chi connectivity index (χ1) is 9.60. The minimum atomic E-state index is -0.419. The lowest BCUT2D eigenvalue weighted by atomic mass is 9.82. The van der Waals surface area contributed by atoms with Crippen LogP contribution in [0.2, 0.25) is 0 Å². The van der Waals surface area contributed by atoms with Crippen LogP contribution in [-0.4, -0.2) is 24.0 Å². The van der Waals surface area contributed by atoms with Gasteiger partial charge < -0.3 is 4.90 Å². The molecule has 0 amide bonds. The molecule has 1 aromatic carbocycles. The molecule has 5 heteroatoms. The molecule has 0 saturated carbocycles. The largest absolute Gasteiger partial charge is 0.300 e. The number of hydrogen-bond donors (Lipinski definition) is 2. The topological polar surface area (TPSA) is 41.3 Å². The lowest BCUT2D eigenvalue weighted by Crippen LogP contribution is -2.45. The van der Waals surface area contributed by atoms with Gasteiger partial charge in [0.2, 0.25) is 0 Å². The van der Waals surface area contributed by atoms with Crippen LogP contribution >= 0.6 is 0 Å². The van der Waals surface area contributed by atoms with Crippen molar-refractivity contribution in [3.05, 3.63) is 35.4 Å². The Morgan fingerprint density at radius 1 is 1.25 bits per heavy atom. The van der Waals surface area contributed by atoms with Gasteiger partial charge in [0.05, 0.1) is 6.04 Å². The summed E-state index contributed by atoms with van der Waals surface area (Å²) >= 11 is 0. The molecule has 2 bridgehead atoms. The Balaban J connectivity index is 1.85. The third kappa shape index (κ3) is 2.34. The van der Waals surface area contributed by atoms with E-state index in [2.05, 4.69) is 17.4 Å². The fourth-order valence-corrected chi connectivity index (χ4v) is 3.96. The van der Waals surface area contributed by atoms with E-state index >= 15 is 0 Å². The molecule has 20 heavy (non-hydrogen) atoms. The Labute approximate surface area is 118 Å². The second-order valence-electron chi connectivity index (χ2n) is 6.09. The van der Waals surface area contributed by atoms with Gasteiger partial charge in [0.1, 0.15) is 11.6 Å². The second-order valence-corrected chi connectivity index (χ2v) is 6.09. The molecule has 2 aliphatic rings. The van der Waals surface area contributed by atoms with Crippen molar-refractivity contribution in [2.75, 3.05) is 7.05 Å². The summed E-state index contributed by atoms with van der Waals surface area (Å²) in [5.74, 6) is 5.10. The van der Waals surface area contributed by atoms with Gasteiger partial charge in [-0.2, -0.15) is 0 Å². The predicted octanol–water partition coefficient (Wildman–Crippen LogP) is 2.34. The highest BCUT2D eigenvalue weighted by molar-refractivity contribution is 5.23. The van der Waals surface area contributed by atoms with Gasteiger partial charge in [0.15, 0.2) is 0 Å². The Bertz CT molecular complexity index is 480. The fraction of sp³-hybridized carbons (Fsp3) is 0.600. The smallest absolute Gasteiger partial charge is 0.128 e. The highest BCUT2D eigenvalue weighted by atomic mass is 19.1. The van der Waals surface area contributed by atoms with E-state index in [1.165, 1.54) is 25.0 Å². The Hall–Kier alpha value is -1.04. The van der Waals surface area contributed by atoms with E-state index in [0.29, 0.717) is 17.6 Å². The zero-order chi connectivity index (χ0) is 14.3. The summed E-state index contributed by atoms with van der Waals surface area (Å²) in [4.78, 5) is 2.42. The van der Waals surface area contributed by atoms with Crippen LogP contribution in [0.25, 0.3) is 0 Å². The molecule has 3 atom stereocenters. The van der Waals surface area contributed by atoms with Gasteiger partial charge >= 0.3 is 0 Å². The van der Waals surface area contributed by atoms with Crippen LogP contribution in [-0.2, 0) is 0 Å². The predicted molar refractivity (Wildman–Crippen MR) is 73.7 cm³/mol. The normalized spacial score (nSPS) is 31.5. The SMILES string of the molecule is CN1C2CCC1CC(C(NN)c1cc(F)ccc1F)C2. The number of hydrazine groups is 1. The molecule has 2 saturated heterocycles. The van der Waals surface area contributed by atoms with Crippen molar-refractivity contribution in [1.82, 2.24) is 10.3 Å². The number of hydrogen-bond acceptors (Lipinski definition) is 3. The molecule has 3 nitrogen and oxygen atoms in total. The van der Waals surface area contributed by atoms with Crippen LogP contribution in [0.5, 0.6) is 0 Å². The molecule has 2 aliphatic heterocycles. The average molecular weight is 281 g/mol. The van der Waals surface area contributed by atoms with Crippen molar-refractivity contribution in [2.45, 2.75) is 43.8 Å². The van der Waals surface area contributed by atoms with Crippen molar-refractivity contribution < 1.29 is 8.78 Å². The van der Waals surface area contributed by atoms with Gasteiger partial charge in [0.25, 0.3) is 0 Å². The van der Waals surface area contributed by atoms with Gasteiger partial charge in [0, 0.05) is 17.6 Å². The van der Waals surface area contributed by atoms with Crippen LogP contribution in [0.1, 0.15) is 37.3 Å². The van der Waals surface area contributed by atoms with Crippen molar-refractivity contribution in [1.29, 1.82) is 0 Å². The van der Waals surface area contributed by atoms with E-state index in [1.807, 2.05) is 0 Å². The number of rotatable bonds is 3. The Morgan fingerprint density at radius 2 is 1.90 bits per heavy atom. The van der Waals surface area contributed by atoms with Crippen LogP contribution < -0.4 is 11.3 Å². The molecule has 2 heterocycles. The van der Waals surface area contributed by atoms with Crippen molar-refractivity contribution in [3.63, 3.8) is 0 Å². The zero-order valence-corrected chi connectivity index (χ0v) is 11.7. The third-order valence-corrected chi connectivity index (χ3v) is 5.08. The maximum atomic E-state index is 14.0. The molecule has 3 N–H and O–H groups in total. The van der Waals surface area contributed by atoms with Crippen LogP contribution in [0, 0.1) is 17.6 Å². The van der Waals surface area contributed by atoms with Crippen LogP contribution in [0.4, 0.5) is 8.78 Å². The number of nitrogens with zero attached hydrogens (tertiary/aromatic N) is 1. The summed E-state index contributed by atoms with van der Waals surface area (Å²) < 4.78 is 27.4. The Morgan fingerprint density at radius 3 is 2.50 bits per heavy atom. The summed E-state index contributed by atoms with van der Waals surface area (Å²) in [7, 11) is 2.16. The number of nitrogens with one attached hydrogen (secondary N) is 1. The molecule has 2 fully saturated rings. The maximum Gasteiger partial charge on any atom is 0.128 e. The molecular weight excluding hydrogens is 260 g/mol. The summed E-state index contributed by atoms with van der Waals surface area (Å²) in [6, 6.07) is 4.36. The Kier molecular flexibility index (Phi) is 3.75. The first-order valence-electron chi connectivity index (χ1n) is 7.23. The van der Waals surface area contributed by atoms with Gasteiger partial charge in [-0.05, 0) is 56.8 Å². The van der Waals surface area contributed by atoms with E-state index in [9.17, 15) is 8.78 Å². The molecular formula is C15H21F2N3. The number of fused-ring (bicyclic) bond motifs is 2. The first kappa shape index (κ1) is 13.9. The number of halogens is 2. The van der Waals surface area contributed by atoms with E-state index in [-0.39, 0.29) is 17.8 Å². The summed E-state index contributed by atoms with van der Waals surface area (Å²) in [5, 5.41) is 0. The summed E-state index contributed by atoms with van der Waals surface area (Å²) in [6.45, 7) is 0. The molecule has 0 radical (unpaired) electrons. The lowest BCUT2D eigenvalue weighted by molar-refractivity contribution is 0.111. The quantitative estimate of drug-likeness (QED) is 0.660. The van der Waals surface area contributed by atoms with E-state index in [4.69, 9.17) is 5.84 Å². The van der Waals surface area contributed by atoms with Crippen molar-refractivity contribution >= 4 is 0 Å². The van der Waals surface area contributed by atoms with Crippen molar-refractivity contribution in [3.8, 4) is 0 Å². The highest BCUT2D eigenvalue weighted by Crippen LogP contribution is 2.42. The van der Waals surface area contributed by atoms with Gasteiger partial charge in [-0.3, -0.25) is 11.3 Å². The third-order valence-electron chi connectivity index (χ3n) is 5.08. The zero-order valence-electron chi connectivity index (χ0n) is 11.7. The molecule has 1 aromatic rings. The number of piperidine rings is 1. The highest BCUT2D eigenvalue weighted by Gasteiger charge is 2.41. The number of nitrogens with two attached hydrogens (primary N) is 1. The second kappa shape index (κ2) is 5.39. The molecule has 0 spiro atoms. The van der Waals surface area contributed by atoms with Gasteiger partial charge in [-0.1, -0.05) is 0 Å². The fourth-order valence-electron chi connectivity index (χ4n) is 3.96. The van der Waals surface area contributed by atoms with E-state index in [1.54, 1.807) is 0 Å². The molecule has 3 unspecified atom stereocenters. The average Bonchev–Trinajstić information content (AvgIpc) is 2.66. The monoisotopic (exact) mass is 281 g/mol. The maximum absolute atomic E-state index is 14.0. The molecule has 0 aliphatic carbocycles. The summed E-state index contributed by atoms with van der Waals surface area (Å²) in [5.41, 5.74) is 3.06. The van der Waals surface area contributed by atoms with Gasteiger partial charge in [-0.15, -0.1) is 0 Å². The number of benzene rings is 1. The molecule has 0 aromatic heterocycles.